The summed E-state index contributed by atoms with van der Waals surface area (Å²) in [6.07, 6.45) is 0. The summed E-state index contributed by atoms with van der Waals surface area (Å²) in [7, 11) is 0. The molecule has 0 aromatic rings. The van der Waals surface area contributed by atoms with Crippen molar-refractivity contribution in [1.29, 1.82) is 0 Å². The van der Waals surface area contributed by atoms with Crippen molar-refractivity contribution >= 4 is 17.3 Å². The van der Waals surface area contributed by atoms with Gasteiger partial charge in [-0.2, -0.15) is 0 Å². The van der Waals surface area contributed by atoms with E-state index in [0.717, 1.165) is 0 Å². The molecule has 2 nitrogen and oxygen atoms in total. The fraction of sp³-hybridized carbons (Fsp3) is 0. The molecular formula is CH4N2S. The maximum absolute atomic E-state index is 4.62. The highest BCUT2D eigenvalue weighted by molar-refractivity contribution is 7.80. The topological polar surface area (TPSA) is 52.0 Å². The van der Waals surface area contributed by atoms with Crippen molar-refractivity contribution in [1.82, 2.24) is 0 Å². The number of rotatable bonds is 0. The summed E-state index contributed by atoms with van der Waals surface area (Å²) in [5, 5.41) is 0.000000000000000222. The van der Waals surface area contributed by atoms with E-state index in [2.05, 4.69) is 23.7 Å². The zero-order valence-electron chi connectivity index (χ0n) is 2.06. The lowest BCUT2D eigenvalue weighted by atomic mass is 12.0. The average Bonchev–Trinajstić information content (AvgIpc) is 0.811. The third-order valence-electron chi connectivity index (χ3n) is 0. The summed E-state index contributed by atoms with van der Waals surface area (Å²) in [6, 6.07) is 0. The molecule has 0 spiro atoms. The van der Waals surface area contributed by atoms with Crippen LogP contribution >= 0.6 is 12.2 Å². The molecule has 0 aliphatic rings. The normalized spacial score (nSPS) is 6.00. The molecule has 0 rings (SSSR count). The highest BCUT2D eigenvalue weighted by atomic mass is 32.1. The smallest absolute Gasteiger partial charge is 0.160 e. The van der Waals surface area contributed by atoms with Crippen LogP contribution in [0.4, 0.5) is 0 Å². The summed E-state index contributed by atoms with van der Waals surface area (Å²) in [6.45, 7) is 0. The summed E-state index contributed by atoms with van der Waals surface area (Å²) in [4.78, 5) is 0. The molecule has 4 heavy (non-hydrogen) atoms. The van der Waals surface area contributed by atoms with Crippen LogP contribution in [0.1, 0.15) is 0 Å². The van der Waals surface area contributed by atoms with Crippen LogP contribution in [0.3, 0.4) is 0 Å². The lowest BCUT2D eigenvalue weighted by Gasteiger charge is -1.68. The second-order valence-corrected chi connectivity index (χ2v) is 0.874. The Hall–Kier alpha value is -0.310. The molecule has 4 N–H and O–H groups in total. The molecular weight excluding hydrogens is 73.1 g/mol. The predicted octanol–water partition coefficient (Wildman–Crippen LogP) is -0.811. The van der Waals surface area contributed by atoms with Gasteiger partial charge in [0.05, 0.1) is 0 Å². The molecule has 24 valence electrons. The van der Waals surface area contributed by atoms with Crippen molar-refractivity contribution < 1.29 is 0 Å². The molecule has 0 radical (unpaired) electrons. The SMILES string of the molecule is N[13C](N)=S. The molecule has 0 unspecified atom stereocenters. The molecule has 0 aliphatic heterocycles. The second-order valence-electron chi connectivity index (χ2n) is 0.402. The van der Waals surface area contributed by atoms with Gasteiger partial charge in [0.2, 0.25) is 0 Å². The minimum Gasteiger partial charge on any atom is -0.377 e. The van der Waals surface area contributed by atoms with Gasteiger partial charge in [0.1, 0.15) is 0 Å². The zero-order chi connectivity index (χ0) is 3.58. The van der Waals surface area contributed by atoms with Crippen LogP contribution in [0.15, 0.2) is 0 Å². The first-order chi connectivity index (χ1) is 1.73. The van der Waals surface area contributed by atoms with Crippen LogP contribution in [0.25, 0.3) is 0 Å². The number of hydrogen-bond acceptors (Lipinski definition) is 1. The largest absolute Gasteiger partial charge is 0.377 e. The van der Waals surface area contributed by atoms with Gasteiger partial charge in [-0.3, -0.25) is 0 Å². The van der Waals surface area contributed by atoms with E-state index in [9.17, 15) is 0 Å². The Morgan fingerprint density at radius 3 is 1.50 bits per heavy atom. The van der Waals surface area contributed by atoms with Crippen molar-refractivity contribution in [2.75, 3.05) is 0 Å². The molecule has 3 heteroatoms. The van der Waals surface area contributed by atoms with Crippen LogP contribution in [0.2, 0.25) is 0 Å². The number of thiocarbonyl (C=S) groups is 1. The highest BCUT2D eigenvalue weighted by Crippen LogP contribution is 1.32. The fourth-order valence-electron chi connectivity index (χ4n) is 0. The third-order valence-corrected chi connectivity index (χ3v) is 0. The van der Waals surface area contributed by atoms with E-state index in [-0.39, 0.29) is 5.11 Å². The Morgan fingerprint density at radius 1 is 1.50 bits per heavy atom. The first-order valence-electron chi connectivity index (χ1n) is 0.781. The van der Waals surface area contributed by atoms with Gasteiger partial charge in [-0.05, 0) is 12.2 Å². The summed E-state index contributed by atoms with van der Waals surface area (Å²) in [5.74, 6) is 0. The first-order valence-corrected chi connectivity index (χ1v) is 1.19. The van der Waals surface area contributed by atoms with Gasteiger partial charge < -0.3 is 11.5 Å². The van der Waals surface area contributed by atoms with Gasteiger partial charge in [0.15, 0.2) is 5.11 Å². The Labute approximate surface area is 29.8 Å². The van der Waals surface area contributed by atoms with Crippen LogP contribution in [0.5, 0.6) is 0 Å². The van der Waals surface area contributed by atoms with Crippen molar-refractivity contribution in [3.63, 3.8) is 0 Å². The minimum atomic E-state index is 0.000000000000000222. The van der Waals surface area contributed by atoms with E-state index in [1.165, 1.54) is 0 Å². The quantitative estimate of drug-likeness (QED) is 0.293. The molecule has 0 atom stereocenters. The second kappa shape index (κ2) is 1.06. The van der Waals surface area contributed by atoms with Gasteiger partial charge in [0, 0.05) is 0 Å². The van der Waals surface area contributed by atoms with E-state index in [1.807, 2.05) is 0 Å². The lowest BCUT2D eigenvalue weighted by molar-refractivity contribution is 1.65. The van der Waals surface area contributed by atoms with Crippen LogP contribution < -0.4 is 11.5 Å². The molecule has 0 aromatic heterocycles. The van der Waals surface area contributed by atoms with Gasteiger partial charge in [-0.15, -0.1) is 0 Å². The molecule has 0 aromatic carbocycles. The Bertz CT molecular complexity index is 29.0. The third kappa shape index (κ3) is 8.37. The standard InChI is InChI=1S/CH4N2S/c2-1(3)4/h(H4,2,3,4)/i1+1. The zero-order valence-corrected chi connectivity index (χ0v) is 2.88. The van der Waals surface area contributed by atoms with Crippen molar-refractivity contribution in [3.8, 4) is 0 Å². The first kappa shape index (κ1) is 3.69. The minimum absolute atomic E-state index is 0.000000000000000222. The van der Waals surface area contributed by atoms with E-state index >= 15 is 0 Å². The van der Waals surface area contributed by atoms with Crippen molar-refractivity contribution in [3.05, 3.63) is 0 Å². The van der Waals surface area contributed by atoms with Gasteiger partial charge >= 0.3 is 0 Å². The van der Waals surface area contributed by atoms with Gasteiger partial charge in [-0.25, -0.2) is 0 Å². The highest BCUT2D eigenvalue weighted by Gasteiger charge is 1.53. The summed E-state index contributed by atoms with van der Waals surface area (Å²) < 4.78 is 0. The van der Waals surface area contributed by atoms with E-state index in [4.69, 9.17) is 0 Å². The Morgan fingerprint density at radius 2 is 1.50 bits per heavy atom. The van der Waals surface area contributed by atoms with Crippen molar-refractivity contribution in [2.45, 2.75) is 0 Å². The molecule has 0 amide bonds. The van der Waals surface area contributed by atoms with E-state index in [1.54, 1.807) is 0 Å². The van der Waals surface area contributed by atoms with Crippen molar-refractivity contribution in [2.24, 2.45) is 11.5 Å². The summed E-state index contributed by atoms with van der Waals surface area (Å²) in [5.41, 5.74) is 9.24. The Kier molecular flexibility index (Phi) is 0.979. The Balaban J connectivity index is 2.80. The molecule has 0 saturated heterocycles. The monoisotopic (exact) mass is 77.0 g/mol. The lowest BCUT2D eigenvalue weighted by Crippen LogP contribution is -2.18. The van der Waals surface area contributed by atoms with Crippen LogP contribution in [-0.4, -0.2) is 5.11 Å². The maximum atomic E-state index is 4.62. The van der Waals surface area contributed by atoms with E-state index in [0.29, 0.717) is 0 Å². The van der Waals surface area contributed by atoms with Crippen LogP contribution in [0, 0.1) is 0 Å². The predicted molar refractivity (Wildman–Crippen MR) is 21.0 cm³/mol. The maximum Gasteiger partial charge on any atom is 0.160 e. The number of nitrogens with two attached hydrogens (primary N) is 2. The molecule has 0 aliphatic carbocycles. The number of hydrogen-bond donors (Lipinski definition) is 2. The summed E-state index contributed by atoms with van der Waals surface area (Å²) >= 11 is 4.09. The average molecular weight is 77.1 g/mol. The molecule has 0 bridgehead atoms. The molecule has 0 saturated carbocycles. The molecule has 0 heterocycles. The molecule has 0 fully saturated rings. The van der Waals surface area contributed by atoms with Gasteiger partial charge in [0.25, 0.3) is 0 Å². The van der Waals surface area contributed by atoms with Gasteiger partial charge in [-0.1, -0.05) is 0 Å². The van der Waals surface area contributed by atoms with E-state index < -0.39 is 0 Å². The van der Waals surface area contributed by atoms with Crippen LogP contribution in [-0.2, 0) is 0 Å². The fourth-order valence-corrected chi connectivity index (χ4v) is 0.